The highest BCUT2D eigenvalue weighted by Gasteiger charge is 2.38. The molecule has 2 heterocycles. The van der Waals surface area contributed by atoms with Crippen molar-refractivity contribution >= 4 is 5.96 Å². The van der Waals surface area contributed by atoms with Crippen LogP contribution in [0.15, 0.2) is 4.99 Å². The summed E-state index contributed by atoms with van der Waals surface area (Å²) in [5, 5.41) is 7.05. The Labute approximate surface area is 128 Å². The molecule has 3 fully saturated rings. The average Bonchev–Trinajstić information content (AvgIpc) is 3.29. The van der Waals surface area contributed by atoms with Crippen molar-refractivity contribution in [2.75, 3.05) is 33.3 Å². The summed E-state index contributed by atoms with van der Waals surface area (Å²) in [6, 6.07) is 1.38. The molecule has 0 spiro atoms. The van der Waals surface area contributed by atoms with Gasteiger partial charge in [-0.3, -0.25) is 9.89 Å². The van der Waals surface area contributed by atoms with Crippen molar-refractivity contribution in [3.63, 3.8) is 0 Å². The maximum atomic E-state index is 5.77. The van der Waals surface area contributed by atoms with Crippen molar-refractivity contribution in [3.8, 4) is 0 Å². The fraction of sp³-hybridized carbons (Fsp3) is 0.938. The van der Waals surface area contributed by atoms with E-state index in [-0.39, 0.29) is 0 Å². The predicted octanol–water partition coefficient (Wildman–Crippen LogP) is 1.20. The third kappa shape index (κ3) is 4.10. The molecule has 2 aliphatic heterocycles. The van der Waals surface area contributed by atoms with Crippen LogP contribution in [-0.2, 0) is 4.74 Å². The van der Waals surface area contributed by atoms with Crippen LogP contribution in [0.5, 0.6) is 0 Å². The van der Waals surface area contributed by atoms with Gasteiger partial charge in [0.1, 0.15) is 0 Å². The predicted molar refractivity (Wildman–Crippen MR) is 85.6 cm³/mol. The molecule has 1 saturated carbocycles. The molecular weight excluding hydrogens is 264 g/mol. The quantitative estimate of drug-likeness (QED) is 0.604. The van der Waals surface area contributed by atoms with E-state index in [0.29, 0.717) is 18.1 Å². The van der Waals surface area contributed by atoms with Gasteiger partial charge < -0.3 is 15.4 Å². The zero-order chi connectivity index (χ0) is 14.7. The number of aliphatic imine (C=N–C) groups is 1. The number of guanidine groups is 1. The zero-order valence-electron chi connectivity index (χ0n) is 13.5. The summed E-state index contributed by atoms with van der Waals surface area (Å²) in [5.41, 5.74) is 0. The molecule has 0 aromatic rings. The van der Waals surface area contributed by atoms with Crippen LogP contribution in [0.3, 0.4) is 0 Å². The topological polar surface area (TPSA) is 48.9 Å². The Morgan fingerprint density at radius 3 is 2.76 bits per heavy atom. The van der Waals surface area contributed by atoms with Crippen molar-refractivity contribution in [3.05, 3.63) is 0 Å². The first kappa shape index (κ1) is 15.1. The van der Waals surface area contributed by atoms with Crippen LogP contribution in [0.25, 0.3) is 0 Å². The Kier molecular flexibility index (Phi) is 5.01. The largest absolute Gasteiger partial charge is 0.376 e. The van der Waals surface area contributed by atoms with Crippen molar-refractivity contribution < 1.29 is 4.74 Å². The zero-order valence-corrected chi connectivity index (χ0v) is 13.5. The summed E-state index contributed by atoms with van der Waals surface area (Å²) in [7, 11) is 1.86. The molecule has 2 N–H and O–H groups in total. The molecule has 1 aliphatic carbocycles. The van der Waals surface area contributed by atoms with Gasteiger partial charge in [0.15, 0.2) is 5.96 Å². The summed E-state index contributed by atoms with van der Waals surface area (Å²) >= 11 is 0. The Hall–Kier alpha value is -0.810. The van der Waals surface area contributed by atoms with Gasteiger partial charge in [-0.25, -0.2) is 0 Å². The number of nitrogens with one attached hydrogen (secondary N) is 2. The average molecular weight is 294 g/mol. The summed E-state index contributed by atoms with van der Waals surface area (Å²) in [4.78, 5) is 7.01. The molecule has 0 aromatic heterocycles. The Balaban J connectivity index is 1.43. The third-order valence-electron chi connectivity index (χ3n) is 5.02. The molecule has 3 atom stereocenters. The minimum Gasteiger partial charge on any atom is -0.376 e. The van der Waals surface area contributed by atoms with Crippen LogP contribution < -0.4 is 10.6 Å². The normalized spacial score (nSPS) is 35.0. The molecule has 21 heavy (non-hydrogen) atoms. The molecule has 0 radical (unpaired) electrons. The second kappa shape index (κ2) is 6.97. The van der Waals surface area contributed by atoms with Gasteiger partial charge in [0.2, 0.25) is 0 Å². The standard InChI is InChI=1S/C16H30N4O/c1-12-10-20(13-6-7-13)11-15(12)19-16(17-2)18-9-14-5-3-4-8-21-14/h12-15H,3-11H2,1-2H3,(H2,17,18,19). The maximum Gasteiger partial charge on any atom is 0.191 e. The van der Waals surface area contributed by atoms with E-state index in [2.05, 4.69) is 27.4 Å². The van der Waals surface area contributed by atoms with Crippen LogP contribution in [0.1, 0.15) is 39.0 Å². The lowest BCUT2D eigenvalue weighted by Crippen LogP contribution is -2.48. The van der Waals surface area contributed by atoms with Crippen LogP contribution in [0, 0.1) is 5.92 Å². The van der Waals surface area contributed by atoms with Gasteiger partial charge >= 0.3 is 0 Å². The molecule has 3 unspecified atom stereocenters. The van der Waals surface area contributed by atoms with Crippen molar-refractivity contribution in [1.29, 1.82) is 0 Å². The van der Waals surface area contributed by atoms with E-state index in [9.17, 15) is 0 Å². The number of nitrogens with zero attached hydrogens (tertiary/aromatic N) is 2. The monoisotopic (exact) mass is 294 g/mol. The van der Waals surface area contributed by atoms with Gasteiger partial charge in [-0.1, -0.05) is 6.92 Å². The second-order valence-electron chi connectivity index (χ2n) is 6.85. The van der Waals surface area contributed by atoms with Crippen LogP contribution in [-0.4, -0.2) is 62.3 Å². The molecule has 120 valence electrons. The molecule has 0 bridgehead atoms. The molecule has 0 amide bonds. The minimum atomic E-state index is 0.348. The number of ether oxygens (including phenoxy) is 1. The van der Waals surface area contributed by atoms with Crippen LogP contribution >= 0.6 is 0 Å². The molecule has 3 aliphatic rings. The summed E-state index contributed by atoms with van der Waals surface area (Å²) in [5.74, 6) is 1.62. The van der Waals surface area contributed by atoms with Gasteiger partial charge in [0.05, 0.1) is 6.10 Å². The summed E-state index contributed by atoms with van der Waals surface area (Å²) in [6.45, 7) is 6.51. The fourth-order valence-corrected chi connectivity index (χ4v) is 3.48. The van der Waals surface area contributed by atoms with Crippen molar-refractivity contribution in [2.24, 2.45) is 10.9 Å². The third-order valence-corrected chi connectivity index (χ3v) is 5.02. The number of hydrogen-bond donors (Lipinski definition) is 2. The highest BCUT2D eigenvalue weighted by atomic mass is 16.5. The molecule has 0 aromatic carbocycles. The summed E-state index contributed by atoms with van der Waals surface area (Å²) < 4.78 is 5.77. The second-order valence-corrected chi connectivity index (χ2v) is 6.85. The van der Waals surface area contributed by atoms with E-state index in [4.69, 9.17) is 4.74 Å². The Bertz CT molecular complexity index is 363. The van der Waals surface area contributed by atoms with Gasteiger partial charge in [-0.05, 0) is 38.0 Å². The highest BCUT2D eigenvalue weighted by molar-refractivity contribution is 5.80. The van der Waals surface area contributed by atoms with E-state index in [1.807, 2.05) is 7.05 Å². The van der Waals surface area contributed by atoms with E-state index in [1.165, 1.54) is 38.6 Å². The van der Waals surface area contributed by atoms with E-state index >= 15 is 0 Å². The lowest BCUT2D eigenvalue weighted by atomic mass is 10.1. The van der Waals surface area contributed by atoms with Gasteiger partial charge in [-0.15, -0.1) is 0 Å². The first-order chi connectivity index (χ1) is 10.3. The lowest BCUT2D eigenvalue weighted by Gasteiger charge is -2.25. The van der Waals surface area contributed by atoms with Gasteiger partial charge in [-0.2, -0.15) is 0 Å². The number of hydrogen-bond acceptors (Lipinski definition) is 3. The molecular formula is C16H30N4O. The maximum absolute atomic E-state index is 5.77. The van der Waals surface area contributed by atoms with E-state index < -0.39 is 0 Å². The van der Waals surface area contributed by atoms with Crippen molar-refractivity contribution in [1.82, 2.24) is 15.5 Å². The number of rotatable bonds is 4. The fourth-order valence-electron chi connectivity index (χ4n) is 3.48. The summed E-state index contributed by atoms with van der Waals surface area (Å²) in [6.07, 6.45) is 6.80. The van der Waals surface area contributed by atoms with Crippen LogP contribution in [0.2, 0.25) is 0 Å². The smallest absolute Gasteiger partial charge is 0.191 e. The van der Waals surface area contributed by atoms with Gasteiger partial charge in [0, 0.05) is 45.4 Å². The Morgan fingerprint density at radius 2 is 2.10 bits per heavy atom. The first-order valence-electron chi connectivity index (χ1n) is 8.59. The minimum absolute atomic E-state index is 0.348. The molecule has 3 rings (SSSR count). The lowest BCUT2D eigenvalue weighted by molar-refractivity contribution is 0.0194. The van der Waals surface area contributed by atoms with E-state index in [0.717, 1.165) is 31.7 Å². The Morgan fingerprint density at radius 1 is 1.24 bits per heavy atom. The molecule has 5 nitrogen and oxygen atoms in total. The number of likely N-dealkylation sites (tertiary alicyclic amines) is 1. The van der Waals surface area contributed by atoms with Crippen molar-refractivity contribution in [2.45, 2.75) is 57.2 Å². The van der Waals surface area contributed by atoms with Crippen LogP contribution in [0.4, 0.5) is 0 Å². The highest BCUT2D eigenvalue weighted by Crippen LogP contribution is 2.31. The molecule has 2 saturated heterocycles. The van der Waals surface area contributed by atoms with Gasteiger partial charge in [0.25, 0.3) is 0 Å². The molecule has 5 heteroatoms. The van der Waals surface area contributed by atoms with E-state index in [1.54, 1.807) is 0 Å². The SMILES string of the molecule is CN=C(NCC1CCCCO1)NC1CN(C2CC2)CC1C. The first-order valence-corrected chi connectivity index (χ1v) is 8.59.